The lowest BCUT2D eigenvalue weighted by atomic mass is 9.87. The Balaban J connectivity index is 2.23. The van der Waals surface area contributed by atoms with E-state index in [9.17, 15) is 4.79 Å². The molecule has 1 aliphatic rings. The molecule has 1 aromatic rings. The first-order valence-electron chi connectivity index (χ1n) is 6.96. The number of rotatable bonds is 4. The third-order valence-corrected chi connectivity index (χ3v) is 4.45. The molecule has 0 saturated carbocycles. The fourth-order valence-electron chi connectivity index (χ4n) is 2.47. The second kappa shape index (κ2) is 6.59. The van der Waals surface area contributed by atoms with Crippen LogP contribution in [0.3, 0.4) is 0 Å². The van der Waals surface area contributed by atoms with Gasteiger partial charge in [0.25, 0.3) is 0 Å². The van der Waals surface area contributed by atoms with Crippen molar-refractivity contribution in [3.05, 3.63) is 28.7 Å². The van der Waals surface area contributed by atoms with E-state index < -0.39 is 5.54 Å². The van der Waals surface area contributed by atoms with Crippen molar-refractivity contribution in [3.63, 3.8) is 0 Å². The first-order valence-corrected chi connectivity index (χ1v) is 7.75. The van der Waals surface area contributed by atoms with E-state index >= 15 is 0 Å². The molecule has 2 rings (SSSR count). The SMILES string of the molecule is CCOC(=O)C1(Nc2ccccc2Br)CCN(C)CC1. The molecule has 0 unspecified atom stereocenters. The van der Waals surface area contributed by atoms with Gasteiger partial charge in [-0.1, -0.05) is 12.1 Å². The molecule has 1 saturated heterocycles. The van der Waals surface area contributed by atoms with Crippen molar-refractivity contribution in [2.75, 3.05) is 32.1 Å². The number of hydrogen-bond donors (Lipinski definition) is 1. The molecule has 0 spiro atoms. The summed E-state index contributed by atoms with van der Waals surface area (Å²) < 4.78 is 6.26. The zero-order valence-electron chi connectivity index (χ0n) is 12.0. The maximum Gasteiger partial charge on any atom is 0.331 e. The number of hydrogen-bond acceptors (Lipinski definition) is 4. The van der Waals surface area contributed by atoms with Crippen LogP contribution in [0.1, 0.15) is 19.8 Å². The number of piperidine rings is 1. The third kappa shape index (κ3) is 3.33. The van der Waals surface area contributed by atoms with Gasteiger partial charge < -0.3 is 15.0 Å². The van der Waals surface area contributed by atoms with E-state index in [0.29, 0.717) is 6.61 Å². The average molecular weight is 341 g/mol. The molecule has 110 valence electrons. The highest BCUT2D eigenvalue weighted by molar-refractivity contribution is 9.10. The van der Waals surface area contributed by atoms with Gasteiger partial charge in [-0.3, -0.25) is 0 Å². The highest BCUT2D eigenvalue weighted by atomic mass is 79.9. The molecule has 0 aliphatic carbocycles. The van der Waals surface area contributed by atoms with Crippen molar-refractivity contribution in [1.82, 2.24) is 4.90 Å². The summed E-state index contributed by atoms with van der Waals surface area (Å²) in [7, 11) is 2.08. The van der Waals surface area contributed by atoms with Gasteiger partial charge in [-0.15, -0.1) is 0 Å². The third-order valence-electron chi connectivity index (χ3n) is 3.75. The summed E-state index contributed by atoms with van der Waals surface area (Å²) >= 11 is 3.52. The molecule has 1 heterocycles. The van der Waals surface area contributed by atoms with E-state index in [-0.39, 0.29) is 5.97 Å². The number of esters is 1. The lowest BCUT2D eigenvalue weighted by Crippen LogP contribution is -2.54. The van der Waals surface area contributed by atoms with Gasteiger partial charge in [0.15, 0.2) is 0 Å². The minimum absolute atomic E-state index is 0.149. The number of likely N-dealkylation sites (tertiary alicyclic amines) is 1. The molecule has 1 N–H and O–H groups in total. The summed E-state index contributed by atoms with van der Waals surface area (Å²) in [6.07, 6.45) is 1.51. The number of nitrogens with one attached hydrogen (secondary N) is 1. The van der Waals surface area contributed by atoms with Crippen molar-refractivity contribution in [3.8, 4) is 0 Å². The summed E-state index contributed by atoms with van der Waals surface area (Å²) in [6, 6.07) is 7.86. The van der Waals surface area contributed by atoms with Gasteiger partial charge in [0.1, 0.15) is 5.54 Å². The number of nitrogens with zero attached hydrogens (tertiary/aromatic N) is 1. The first kappa shape index (κ1) is 15.3. The molecular weight excluding hydrogens is 320 g/mol. The summed E-state index contributed by atoms with van der Waals surface area (Å²) in [5.41, 5.74) is 0.317. The van der Waals surface area contributed by atoms with E-state index in [1.807, 2.05) is 31.2 Å². The van der Waals surface area contributed by atoms with Crippen molar-refractivity contribution in [2.45, 2.75) is 25.3 Å². The van der Waals surface area contributed by atoms with E-state index in [2.05, 4.69) is 33.2 Å². The van der Waals surface area contributed by atoms with Crippen LogP contribution in [0.4, 0.5) is 5.69 Å². The molecule has 4 nitrogen and oxygen atoms in total. The van der Waals surface area contributed by atoms with Gasteiger partial charge in [0, 0.05) is 23.2 Å². The van der Waals surface area contributed by atoms with Gasteiger partial charge in [-0.2, -0.15) is 0 Å². The van der Waals surface area contributed by atoms with Gasteiger partial charge in [-0.05, 0) is 54.9 Å². The Morgan fingerprint density at radius 3 is 2.65 bits per heavy atom. The van der Waals surface area contributed by atoms with Gasteiger partial charge in [0.2, 0.25) is 0 Å². The van der Waals surface area contributed by atoms with E-state index in [0.717, 1.165) is 36.1 Å². The quantitative estimate of drug-likeness (QED) is 0.855. The normalized spacial score (nSPS) is 18.6. The molecule has 20 heavy (non-hydrogen) atoms. The van der Waals surface area contributed by atoms with Crippen LogP contribution in [0, 0.1) is 0 Å². The van der Waals surface area contributed by atoms with E-state index in [1.165, 1.54) is 0 Å². The Kier molecular flexibility index (Phi) is 5.05. The second-order valence-corrected chi connectivity index (χ2v) is 6.07. The first-order chi connectivity index (χ1) is 9.57. The number of ether oxygens (including phenoxy) is 1. The van der Waals surface area contributed by atoms with Crippen molar-refractivity contribution in [2.24, 2.45) is 0 Å². The topological polar surface area (TPSA) is 41.6 Å². The molecule has 1 aromatic carbocycles. The maximum absolute atomic E-state index is 12.4. The smallest absolute Gasteiger partial charge is 0.331 e. The second-order valence-electron chi connectivity index (χ2n) is 5.21. The summed E-state index contributed by atoms with van der Waals surface area (Å²) in [4.78, 5) is 14.7. The van der Waals surface area contributed by atoms with Gasteiger partial charge in [-0.25, -0.2) is 4.79 Å². The standard InChI is InChI=1S/C15H21BrN2O2/c1-3-20-14(19)15(8-10-18(2)11-9-15)17-13-7-5-4-6-12(13)16/h4-7,17H,3,8-11H2,1-2H3. The average Bonchev–Trinajstić information content (AvgIpc) is 2.44. The van der Waals surface area contributed by atoms with Gasteiger partial charge >= 0.3 is 5.97 Å². The molecule has 1 aliphatic heterocycles. The molecular formula is C15H21BrN2O2. The van der Waals surface area contributed by atoms with Crippen LogP contribution in [0.2, 0.25) is 0 Å². The molecule has 0 aromatic heterocycles. The Bertz CT molecular complexity index is 471. The van der Waals surface area contributed by atoms with Crippen LogP contribution in [0.5, 0.6) is 0 Å². The predicted molar refractivity (Wildman–Crippen MR) is 83.9 cm³/mol. The van der Waals surface area contributed by atoms with Crippen molar-refractivity contribution >= 4 is 27.6 Å². The van der Waals surface area contributed by atoms with Crippen molar-refractivity contribution < 1.29 is 9.53 Å². The molecule has 0 atom stereocenters. The van der Waals surface area contributed by atoms with E-state index in [4.69, 9.17) is 4.74 Å². The summed E-state index contributed by atoms with van der Waals surface area (Å²) in [5, 5.41) is 3.42. The Morgan fingerprint density at radius 2 is 2.05 bits per heavy atom. The number of halogens is 1. The maximum atomic E-state index is 12.4. The van der Waals surface area contributed by atoms with Crippen LogP contribution >= 0.6 is 15.9 Å². The molecule has 0 amide bonds. The van der Waals surface area contributed by atoms with Crippen molar-refractivity contribution in [1.29, 1.82) is 0 Å². The minimum atomic E-state index is -0.619. The van der Waals surface area contributed by atoms with Crippen LogP contribution in [-0.4, -0.2) is 43.2 Å². The molecule has 5 heteroatoms. The minimum Gasteiger partial charge on any atom is -0.464 e. The Labute approximate surface area is 128 Å². The molecule has 1 fully saturated rings. The van der Waals surface area contributed by atoms with E-state index in [1.54, 1.807) is 0 Å². The number of benzene rings is 1. The predicted octanol–water partition coefficient (Wildman–Crippen LogP) is 2.89. The largest absolute Gasteiger partial charge is 0.464 e. The fraction of sp³-hybridized carbons (Fsp3) is 0.533. The fourth-order valence-corrected chi connectivity index (χ4v) is 2.85. The van der Waals surface area contributed by atoms with Crippen LogP contribution in [0.25, 0.3) is 0 Å². The lowest BCUT2D eigenvalue weighted by molar-refractivity contribution is -0.150. The summed E-state index contributed by atoms with van der Waals surface area (Å²) in [6.45, 7) is 4.03. The Hall–Kier alpha value is -1.07. The zero-order chi connectivity index (χ0) is 14.6. The lowest BCUT2D eigenvalue weighted by Gasteiger charge is -2.39. The van der Waals surface area contributed by atoms with Crippen LogP contribution in [0.15, 0.2) is 28.7 Å². The van der Waals surface area contributed by atoms with Crippen LogP contribution < -0.4 is 5.32 Å². The molecule has 0 radical (unpaired) electrons. The van der Waals surface area contributed by atoms with Gasteiger partial charge in [0.05, 0.1) is 6.61 Å². The Morgan fingerprint density at radius 1 is 1.40 bits per heavy atom. The number of carbonyl (C=O) groups is 1. The highest BCUT2D eigenvalue weighted by Gasteiger charge is 2.42. The summed E-state index contributed by atoms with van der Waals surface area (Å²) in [5.74, 6) is -0.149. The molecule has 0 bridgehead atoms. The number of para-hydroxylation sites is 1. The number of anilines is 1. The monoisotopic (exact) mass is 340 g/mol. The zero-order valence-corrected chi connectivity index (χ0v) is 13.6. The van der Waals surface area contributed by atoms with Crippen LogP contribution in [-0.2, 0) is 9.53 Å². The number of carbonyl (C=O) groups excluding carboxylic acids is 1. The highest BCUT2D eigenvalue weighted by Crippen LogP contribution is 2.31.